The number of carbonyl (C=O) groups is 1. The number of hydrogen-bond acceptors (Lipinski definition) is 2. The average molecular weight is 396 g/mol. The average Bonchev–Trinajstić information content (AvgIpc) is 2.58. The minimum absolute atomic E-state index is 0.117. The van der Waals surface area contributed by atoms with Crippen molar-refractivity contribution in [3.63, 3.8) is 0 Å². The lowest BCUT2D eigenvalue weighted by atomic mass is 10.1. The van der Waals surface area contributed by atoms with E-state index in [1.54, 1.807) is 25.3 Å². The molecule has 0 fully saturated rings. The van der Waals surface area contributed by atoms with Gasteiger partial charge in [0.15, 0.2) is 6.54 Å². The molecule has 0 saturated heterocycles. The van der Waals surface area contributed by atoms with Crippen LogP contribution in [0.1, 0.15) is 24.1 Å². The molecule has 0 radical (unpaired) electrons. The monoisotopic (exact) mass is 395 g/mol. The number of rotatable bonds is 7. The van der Waals surface area contributed by atoms with E-state index in [1.165, 1.54) is 6.07 Å². The summed E-state index contributed by atoms with van der Waals surface area (Å²) in [5, 5.41) is 4.67. The van der Waals surface area contributed by atoms with Gasteiger partial charge in [0.2, 0.25) is 0 Å². The Labute approximate surface area is 149 Å². The Bertz CT molecular complexity index is 709. The molecule has 2 aromatic carbocycles. The summed E-state index contributed by atoms with van der Waals surface area (Å²) < 4.78 is 19.6. The molecule has 0 saturated carbocycles. The van der Waals surface area contributed by atoms with E-state index in [0.29, 0.717) is 5.56 Å². The van der Waals surface area contributed by atoms with Gasteiger partial charge in [-0.25, -0.2) is 4.39 Å². The van der Waals surface area contributed by atoms with Crippen LogP contribution >= 0.6 is 15.9 Å². The Kier molecular flexibility index (Phi) is 6.75. The second-order valence-electron chi connectivity index (χ2n) is 5.49. The molecule has 4 nitrogen and oxygen atoms in total. The molecule has 0 aliphatic heterocycles. The van der Waals surface area contributed by atoms with Crippen LogP contribution in [0.2, 0.25) is 0 Å². The van der Waals surface area contributed by atoms with Crippen LogP contribution in [-0.4, -0.2) is 19.6 Å². The molecule has 0 bridgehead atoms. The van der Waals surface area contributed by atoms with Crippen LogP contribution < -0.4 is 15.4 Å². The summed E-state index contributed by atoms with van der Waals surface area (Å²) in [6, 6.07) is 12.4. The van der Waals surface area contributed by atoms with Gasteiger partial charge in [0, 0.05) is 17.7 Å². The summed E-state index contributed by atoms with van der Waals surface area (Å²) in [5.74, 6) is 0.337. The number of amides is 1. The first-order chi connectivity index (χ1) is 11.5. The highest BCUT2D eigenvalue weighted by Gasteiger charge is 2.13. The number of ether oxygens (including phenoxy) is 1. The number of nitrogens with one attached hydrogen (secondary N) is 1. The van der Waals surface area contributed by atoms with Crippen molar-refractivity contribution < 1.29 is 19.2 Å². The second-order valence-corrected chi connectivity index (χ2v) is 6.34. The molecule has 0 unspecified atom stereocenters. The molecular weight excluding hydrogens is 375 g/mol. The lowest BCUT2D eigenvalue weighted by Gasteiger charge is -2.13. The fourth-order valence-electron chi connectivity index (χ4n) is 2.29. The van der Waals surface area contributed by atoms with E-state index in [4.69, 9.17) is 4.74 Å². The van der Waals surface area contributed by atoms with E-state index < -0.39 is 0 Å². The molecule has 1 amide bonds. The van der Waals surface area contributed by atoms with Gasteiger partial charge in [-0.1, -0.05) is 18.2 Å². The number of hydrogen-bond donors (Lipinski definition) is 2. The summed E-state index contributed by atoms with van der Waals surface area (Å²) in [4.78, 5) is 11.9. The lowest BCUT2D eigenvalue weighted by Crippen LogP contribution is -2.87. The number of nitrogens with two attached hydrogens (primary N) is 1. The first-order valence-electron chi connectivity index (χ1n) is 7.68. The summed E-state index contributed by atoms with van der Waals surface area (Å²) >= 11 is 3.46. The Balaban J connectivity index is 1.83. The van der Waals surface area contributed by atoms with Gasteiger partial charge in [0.1, 0.15) is 17.6 Å². The standard InChI is InChI=1S/C18H20BrFN2O2/c1-12(13-7-8-17(24-2)15(19)9-13)21-11-18(23)22-10-14-5-3-4-6-16(14)20/h3-9,12,21H,10-11H2,1-2H3,(H,22,23)/p+1/t12-/m0/s1. The molecule has 0 aliphatic rings. The molecule has 0 spiro atoms. The Hall–Kier alpha value is -1.92. The van der Waals surface area contributed by atoms with Gasteiger partial charge in [-0.2, -0.15) is 0 Å². The van der Waals surface area contributed by atoms with Crippen LogP contribution in [0.3, 0.4) is 0 Å². The number of halogens is 2. The first kappa shape index (κ1) is 18.4. The van der Waals surface area contributed by atoms with Gasteiger partial charge in [0.25, 0.3) is 5.91 Å². The van der Waals surface area contributed by atoms with E-state index in [1.807, 2.05) is 30.4 Å². The third-order valence-corrected chi connectivity index (χ3v) is 4.41. The third kappa shape index (κ3) is 5.04. The third-order valence-electron chi connectivity index (χ3n) is 3.79. The Morgan fingerprint density at radius 2 is 2.08 bits per heavy atom. The maximum Gasteiger partial charge on any atom is 0.275 e. The van der Waals surface area contributed by atoms with E-state index >= 15 is 0 Å². The maximum absolute atomic E-state index is 13.5. The van der Waals surface area contributed by atoms with E-state index in [0.717, 1.165) is 15.8 Å². The zero-order chi connectivity index (χ0) is 17.5. The fourth-order valence-corrected chi connectivity index (χ4v) is 2.85. The number of methoxy groups -OCH3 is 1. The van der Waals surface area contributed by atoms with Gasteiger partial charge >= 0.3 is 0 Å². The van der Waals surface area contributed by atoms with Crippen molar-refractivity contribution in [2.45, 2.75) is 19.5 Å². The number of quaternary nitrogens is 1. The summed E-state index contributed by atoms with van der Waals surface area (Å²) in [6.07, 6.45) is 0. The summed E-state index contributed by atoms with van der Waals surface area (Å²) in [7, 11) is 1.62. The van der Waals surface area contributed by atoms with Crippen molar-refractivity contribution in [1.29, 1.82) is 0 Å². The van der Waals surface area contributed by atoms with Gasteiger partial charge in [-0.15, -0.1) is 0 Å². The largest absolute Gasteiger partial charge is 0.496 e. The fraction of sp³-hybridized carbons (Fsp3) is 0.278. The minimum atomic E-state index is -0.307. The first-order valence-corrected chi connectivity index (χ1v) is 8.47. The summed E-state index contributed by atoms with van der Waals surface area (Å²) in [6.45, 7) is 2.50. The van der Waals surface area contributed by atoms with Crippen molar-refractivity contribution in [2.75, 3.05) is 13.7 Å². The van der Waals surface area contributed by atoms with Gasteiger partial charge in [-0.3, -0.25) is 4.79 Å². The molecule has 2 aromatic rings. The molecule has 3 N–H and O–H groups in total. The van der Waals surface area contributed by atoms with Crippen LogP contribution in [0.5, 0.6) is 5.75 Å². The van der Waals surface area contributed by atoms with E-state index in [9.17, 15) is 9.18 Å². The minimum Gasteiger partial charge on any atom is -0.496 e. The molecular formula is C18H21BrFN2O2+. The van der Waals surface area contributed by atoms with Crippen molar-refractivity contribution in [1.82, 2.24) is 5.32 Å². The topological polar surface area (TPSA) is 54.9 Å². The highest BCUT2D eigenvalue weighted by molar-refractivity contribution is 9.10. The van der Waals surface area contributed by atoms with Crippen molar-refractivity contribution in [2.24, 2.45) is 0 Å². The number of benzene rings is 2. The molecule has 1 atom stereocenters. The quantitative estimate of drug-likeness (QED) is 0.756. The zero-order valence-electron chi connectivity index (χ0n) is 13.7. The molecule has 2 rings (SSSR count). The van der Waals surface area contributed by atoms with Gasteiger partial charge in [0.05, 0.1) is 11.6 Å². The lowest BCUT2D eigenvalue weighted by molar-refractivity contribution is -0.682. The van der Waals surface area contributed by atoms with E-state index in [2.05, 4.69) is 21.2 Å². The van der Waals surface area contributed by atoms with Gasteiger partial charge < -0.3 is 15.4 Å². The van der Waals surface area contributed by atoms with Crippen molar-refractivity contribution >= 4 is 21.8 Å². The SMILES string of the molecule is COc1ccc([C@H](C)[NH2+]CC(=O)NCc2ccccc2F)cc1Br. The van der Waals surface area contributed by atoms with Crippen LogP contribution in [-0.2, 0) is 11.3 Å². The number of carbonyl (C=O) groups excluding carboxylic acids is 1. The van der Waals surface area contributed by atoms with Crippen LogP contribution in [0, 0.1) is 5.82 Å². The molecule has 0 heterocycles. The smallest absolute Gasteiger partial charge is 0.275 e. The highest BCUT2D eigenvalue weighted by Crippen LogP contribution is 2.27. The molecule has 24 heavy (non-hydrogen) atoms. The molecule has 0 aliphatic carbocycles. The molecule has 0 aromatic heterocycles. The van der Waals surface area contributed by atoms with Crippen LogP contribution in [0.25, 0.3) is 0 Å². The predicted octanol–water partition coefficient (Wildman–Crippen LogP) is 2.54. The molecule has 128 valence electrons. The summed E-state index contributed by atoms with van der Waals surface area (Å²) in [5.41, 5.74) is 1.57. The van der Waals surface area contributed by atoms with Crippen LogP contribution in [0.15, 0.2) is 46.9 Å². The van der Waals surface area contributed by atoms with Gasteiger partial charge in [-0.05, 0) is 47.1 Å². The van der Waals surface area contributed by atoms with Crippen LogP contribution in [0.4, 0.5) is 4.39 Å². The highest BCUT2D eigenvalue weighted by atomic mass is 79.9. The Morgan fingerprint density at radius 1 is 1.33 bits per heavy atom. The molecule has 6 heteroatoms. The van der Waals surface area contributed by atoms with Crippen molar-refractivity contribution in [3.8, 4) is 5.75 Å². The van der Waals surface area contributed by atoms with Crippen molar-refractivity contribution in [3.05, 3.63) is 63.9 Å². The second kappa shape index (κ2) is 8.80. The normalized spacial score (nSPS) is 11.8. The predicted molar refractivity (Wildman–Crippen MR) is 94.1 cm³/mol. The van der Waals surface area contributed by atoms with E-state index in [-0.39, 0.29) is 30.9 Å². The zero-order valence-corrected chi connectivity index (χ0v) is 15.3. The maximum atomic E-state index is 13.5. The Morgan fingerprint density at radius 3 is 2.75 bits per heavy atom.